The SMILES string of the molecule is C[C@@H](Nc1ccn(C)n1)c1ccc(F)cc1F. The molecule has 2 aromatic rings. The predicted molar refractivity (Wildman–Crippen MR) is 61.6 cm³/mol. The Morgan fingerprint density at radius 1 is 1.29 bits per heavy atom. The normalized spacial score (nSPS) is 12.5. The number of nitrogens with one attached hydrogen (secondary N) is 1. The second-order valence-corrected chi connectivity index (χ2v) is 3.91. The lowest BCUT2D eigenvalue weighted by molar-refractivity contribution is 0.566. The molecule has 90 valence electrons. The van der Waals surface area contributed by atoms with Crippen molar-refractivity contribution in [1.29, 1.82) is 0 Å². The molecule has 1 N–H and O–H groups in total. The van der Waals surface area contributed by atoms with Gasteiger partial charge in [0, 0.05) is 30.9 Å². The maximum absolute atomic E-state index is 13.5. The van der Waals surface area contributed by atoms with Crippen LogP contribution >= 0.6 is 0 Å². The molecule has 0 saturated carbocycles. The van der Waals surface area contributed by atoms with E-state index >= 15 is 0 Å². The maximum Gasteiger partial charge on any atom is 0.148 e. The quantitative estimate of drug-likeness (QED) is 0.889. The topological polar surface area (TPSA) is 29.9 Å². The molecule has 0 saturated heterocycles. The van der Waals surface area contributed by atoms with Gasteiger partial charge in [-0.25, -0.2) is 8.78 Å². The van der Waals surface area contributed by atoms with Gasteiger partial charge in [-0.05, 0) is 13.0 Å². The van der Waals surface area contributed by atoms with Crippen molar-refractivity contribution in [3.05, 3.63) is 47.7 Å². The Kier molecular flexibility index (Phi) is 3.08. The molecule has 0 spiro atoms. The molecule has 0 aliphatic carbocycles. The molecule has 1 aromatic carbocycles. The van der Waals surface area contributed by atoms with E-state index in [9.17, 15) is 8.78 Å². The van der Waals surface area contributed by atoms with Crippen LogP contribution in [0.3, 0.4) is 0 Å². The van der Waals surface area contributed by atoms with Gasteiger partial charge in [0.25, 0.3) is 0 Å². The summed E-state index contributed by atoms with van der Waals surface area (Å²) in [4.78, 5) is 0. The summed E-state index contributed by atoms with van der Waals surface area (Å²) in [7, 11) is 1.80. The van der Waals surface area contributed by atoms with Crippen LogP contribution in [0.2, 0.25) is 0 Å². The van der Waals surface area contributed by atoms with Crippen molar-refractivity contribution < 1.29 is 8.78 Å². The van der Waals surface area contributed by atoms with Gasteiger partial charge < -0.3 is 5.32 Å². The lowest BCUT2D eigenvalue weighted by Gasteiger charge is -2.14. The van der Waals surface area contributed by atoms with Crippen LogP contribution in [0.1, 0.15) is 18.5 Å². The summed E-state index contributed by atoms with van der Waals surface area (Å²) in [6.45, 7) is 1.80. The first-order valence-corrected chi connectivity index (χ1v) is 5.27. The summed E-state index contributed by atoms with van der Waals surface area (Å²) in [6, 6.07) is 5.08. The van der Waals surface area contributed by atoms with Crippen molar-refractivity contribution >= 4 is 5.82 Å². The van der Waals surface area contributed by atoms with E-state index in [4.69, 9.17) is 0 Å². The Hall–Kier alpha value is -1.91. The number of aryl methyl sites for hydroxylation is 1. The van der Waals surface area contributed by atoms with Crippen LogP contribution in [0, 0.1) is 11.6 Å². The highest BCUT2D eigenvalue weighted by atomic mass is 19.1. The third-order valence-corrected chi connectivity index (χ3v) is 2.51. The molecule has 0 aliphatic rings. The number of aromatic nitrogens is 2. The van der Waals surface area contributed by atoms with Crippen molar-refractivity contribution in [3.63, 3.8) is 0 Å². The molecule has 5 heteroatoms. The lowest BCUT2D eigenvalue weighted by atomic mass is 10.1. The minimum atomic E-state index is -0.573. The zero-order valence-corrected chi connectivity index (χ0v) is 9.61. The van der Waals surface area contributed by atoms with E-state index in [-0.39, 0.29) is 6.04 Å². The Bertz CT molecular complexity index is 522. The average molecular weight is 237 g/mol. The van der Waals surface area contributed by atoms with Gasteiger partial charge in [0.2, 0.25) is 0 Å². The van der Waals surface area contributed by atoms with Gasteiger partial charge in [-0.15, -0.1) is 0 Å². The molecule has 1 heterocycles. The molecule has 1 atom stereocenters. The third-order valence-electron chi connectivity index (χ3n) is 2.51. The molecule has 0 amide bonds. The minimum Gasteiger partial charge on any atom is -0.362 e. The van der Waals surface area contributed by atoms with Crippen LogP contribution in [0.25, 0.3) is 0 Å². The predicted octanol–water partition coefficient (Wildman–Crippen LogP) is 2.87. The Balaban J connectivity index is 2.17. The molecular weight excluding hydrogens is 224 g/mol. The zero-order valence-electron chi connectivity index (χ0n) is 9.61. The molecule has 3 nitrogen and oxygen atoms in total. The summed E-state index contributed by atoms with van der Waals surface area (Å²) < 4.78 is 27.9. The number of hydrogen-bond donors (Lipinski definition) is 1. The number of rotatable bonds is 3. The second kappa shape index (κ2) is 4.53. The Morgan fingerprint density at radius 2 is 2.06 bits per heavy atom. The van der Waals surface area contributed by atoms with E-state index < -0.39 is 11.6 Å². The van der Waals surface area contributed by atoms with Gasteiger partial charge in [-0.2, -0.15) is 5.10 Å². The van der Waals surface area contributed by atoms with E-state index in [1.807, 2.05) is 0 Å². The van der Waals surface area contributed by atoms with Gasteiger partial charge in [0.05, 0.1) is 6.04 Å². The van der Waals surface area contributed by atoms with Gasteiger partial charge in [0.15, 0.2) is 0 Å². The fourth-order valence-electron chi connectivity index (χ4n) is 1.64. The van der Waals surface area contributed by atoms with Crippen molar-refractivity contribution in [1.82, 2.24) is 9.78 Å². The van der Waals surface area contributed by atoms with Crippen LogP contribution in [0.4, 0.5) is 14.6 Å². The van der Waals surface area contributed by atoms with Crippen LogP contribution in [-0.2, 0) is 7.05 Å². The number of anilines is 1. The molecule has 0 fully saturated rings. The van der Waals surface area contributed by atoms with Gasteiger partial charge in [-0.3, -0.25) is 4.68 Å². The summed E-state index contributed by atoms with van der Waals surface area (Å²) >= 11 is 0. The highest BCUT2D eigenvalue weighted by molar-refractivity contribution is 5.37. The van der Waals surface area contributed by atoms with Gasteiger partial charge in [0.1, 0.15) is 17.5 Å². The molecule has 0 aliphatic heterocycles. The van der Waals surface area contributed by atoms with Crippen molar-refractivity contribution in [3.8, 4) is 0 Å². The van der Waals surface area contributed by atoms with Gasteiger partial charge in [-0.1, -0.05) is 6.07 Å². The van der Waals surface area contributed by atoms with Gasteiger partial charge >= 0.3 is 0 Å². The van der Waals surface area contributed by atoms with E-state index in [1.54, 1.807) is 30.9 Å². The number of nitrogens with zero attached hydrogens (tertiary/aromatic N) is 2. The summed E-state index contributed by atoms with van der Waals surface area (Å²) in [5.41, 5.74) is 0.414. The molecule has 17 heavy (non-hydrogen) atoms. The number of benzene rings is 1. The zero-order chi connectivity index (χ0) is 12.4. The molecule has 1 aromatic heterocycles. The van der Waals surface area contributed by atoms with E-state index in [1.165, 1.54) is 12.1 Å². The van der Waals surface area contributed by atoms with Crippen LogP contribution in [-0.4, -0.2) is 9.78 Å². The smallest absolute Gasteiger partial charge is 0.148 e. The van der Waals surface area contributed by atoms with E-state index in [0.29, 0.717) is 11.4 Å². The van der Waals surface area contributed by atoms with Crippen LogP contribution < -0.4 is 5.32 Å². The third kappa shape index (κ3) is 2.61. The summed E-state index contributed by atoms with van der Waals surface area (Å²) in [6.07, 6.45) is 1.79. The van der Waals surface area contributed by atoms with E-state index in [0.717, 1.165) is 6.07 Å². The fraction of sp³-hybridized carbons (Fsp3) is 0.250. The first kappa shape index (κ1) is 11.6. The summed E-state index contributed by atoms with van der Waals surface area (Å²) in [5, 5.41) is 7.18. The first-order chi connectivity index (χ1) is 8.06. The second-order valence-electron chi connectivity index (χ2n) is 3.91. The molecular formula is C12H13F2N3. The standard InChI is InChI=1S/C12H13F2N3/c1-8(15-12-5-6-17(2)16-12)10-4-3-9(13)7-11(10)14/h3-8H,1-2H3,(H,15,16)/t8-/m1/s1. The Morgan fingerprint density at radius 3 is 2.65 bits per heavy atom. The average Bonchev–Trinajstić information content (AvgIpc) is 2.63. The van der Waals surface area contributed by atoms with Crippen LogP contribution in [0.15, 0.2) is 30.5 Å². The largest absolute Gasteiger partial charge is 0.362 e. The Labute approximate surface area is 98.1 Å². The number of hydrogen-bond acceptors (Lipinski definition) is 2. The maximum atomic E-state index is 13.5. The lowest BCUT2D eigenvalue weighted by Crippen LogP contribution is -2.09. The molecule has 0 bridgehead atoms. The van der Waals surface area contributed by atoms with Crippen molar-refractivity contribution in [2.75, 3.05) is 5.32 Å². The molecule has 0 radical (unpaired) electrons. The number of halogens is 2. The van der Waals surface area contributed by atoms with Crippen molar-refractivity contribution in [2.45, 2.75) is 13.0 Å². The van der Waals surface area contributed by atoms with Crippen molar-refractivity contribution in [2.24, 2.45) is 7.05 Å². The highest BCUT2D eigenvalue weighted by Crippen LogP contribution is 2.21. The summed E-state index contributed by atoms with van der Waals surface area (Å²) in [5.74, 6) is -0.471. The van der Waals surface area contributed by atoms with Crippen LogP contribution in [0.5, 0.6) is 0 Å². The monoisotopic (exact) mass is 237 g/mol. The molecule has 2 rings (SSSR count). The highest BCUT2D eigenvalue weighted by Gasteiger charge is 2.12. The molecule has 0 unspecified atom stereocenters. The van der Waals surface area contributed by atoms with E-state index in [2.05, 4.69) is 10.4 Å². The fourth-order valence-corrected chi connectivity index (χ4v) is 1.64. The minimum absolute atomic E-state index is 0.273. The first-order valence-electron chi connectivity index (χ1n) is 5.27.